The summed E-state index contributed by atoms with van der Waals surface area (Å²) < 4.78 is 10.8. The van der Waals surface area contributed by atoms with Crippen LogP contribution >= 0.6 is 0 Å². The molecular formula is C15H21NO3. The molecule has 2 rings (SSSR count). The van der Waals surface area contributed by atoms with Crippen LogP contribution in [0.15, 0.2) is 24.3 Å². The highest BCUT2D eigenvalue weighted by Gasteiger charge is 2.23. The number of methoxy groups -OCH3 is 1. The van der Waals surface area contributed by atoms with Crippen molar-refractivity contribution in [1.29, 1.82) is 0 Å². The fraction of sp³-hybridized carbons (Fsp3) is 0.533. The molecule has 0 unspecified atom stereocenters. The van der Waals surface area contributed by atoms with Crippen molar-refractivity contribution in [3.05, 3.63) is 24.3 Å². The zero-order valence-corrected chi connectivity index (χ0v) is 11.6. The van der Waals surface area contributed by atoms with E-state index in [2.05, 4.69) is 0 Å². The lowest BCUT2D eigenvalue weighted by molar-refractivity contribution is -0.138. The topological polar surface area (TPSA) is 38.8 Å². The van der Waals surface area contributed by atoms with Gasteiger partial charge in [0.2, 0.25) is 0 Å². The zero-order valence-electron chi connectivity index (χ0n) is 11.6. The molecule has 0 saturated carbocycles. The minimum Gasteiger partial charge on any atom is -0.497 e. The highest BCUT2D eigenvalue weighted by Crippen LogP contribution is 2.19. The minimum atomic E-state index is -0.438. The summed E-state index contributed by atoms with van der Waals surface area (Å²) in [4.78, 5) is 14.1. The number of benzene rings is 1. The Balaban J connectivity index is 1.91. The second-order valence-electron chi connectivity index (χ2n) is 4.82. The van der Waals surface area contributed by atoms with Gasteiger partial charge in [0, 0.05) is 13.1 Å². The first kappa shape index (κ1) is 13.7. The van der Waals surface area contributed by atoms with Crippen LogP contribution in [0.1, 0.15) is 26.2 Å². The third-order valence-corrected chi connectivity index (χ3v) is 3.39. The van der Waals surface area contributed by atoms with Crippen molar-refractivity contribution in [2.45, 2.75) is 32.3 Å². The molecule has 0 radical (unpaired) electrons. The number of hydrogen-bond acceptors (Lipinski definition) is 3. The lowest BCUT2D eigenvalue weighted by Gasteiger charge is -2.29. The first-order valence-corrected chi connectivity index (χ1v) is 6.80. The Labute approximate surface area is 114 Å². The van der Waals surface area contributed by atoms with E-state index < -0.39 is 6.10 Å². The molecule has 0 aliphatic carbocycles. The molecule has 0 aromatic heterocycles. The van der Waals surface area contributed by atoms with Crippen molar-refractivity contribution in [3.8, 4) is 11.5 Å². The normalized spacial score (nSPS) is 16.8. The zero-order chi connectivity index (χ0) is 13.7. The summed E-state index contributed by atoms with van der Waals surface area (Å²) in [7, 11) is 1.62. The molecule has 19 heavy (non-hydrogen) atoms. The van der Waals surface area contributed by atoms with Gasteiger partial charge in [0.1, 0.15) is 11.5 Å². The number of piperidine rings is 1. The Hall–Kier alpha value is -1.71. The molecule has 1 aliphatic heterocycles. The number of hydrogen-bond donors (Lipinski definition) is 0. The molecule has 4 heteroatoms. The van der Waals surface area contributed by atoms with Crippen LogP contribution in [0.4, 0.5) is 0 Å². The van der Waals surface area contributed by atoms with Crippen LogP contribution in [0.3, 0.4) is 0 Å². The molecule has 0 spiro atoms. The molecule has 1 atom stereocenters. The van der Waals surface area contributed by atoms with Gasteiger partial charge in [0.15, 0.2) is 6.10 Å². The second-order valence-corrected chi connectivity index (χ2v) is 4.82. The molecule has 1 amide bonds. The van der Waals surface area contributed by atoms with Crippen molar-refractivity contribution < 1.29 is 14.3 Å². The van der Waals surface area contributed by atoms with E-state index in [0.29, 0.717) is 5.75 Å². The third-order valence-electron chi connectivity index (χ3n) is 3.39. The molecule has 4 nitrogen and oxygen atoms in total. The summed E-state index contributed by atoms with van der Waals surface area (Å²) in [5.41, 5.74) is 0. The fourth-order valence-corrected chi connectivity index (χ4v) is 2.28. The van der Waals surface area contributed by atoms with Gasteiger partial charge in [-0.3, -0.25) is 4.79 Å². The van der Waals surface area contributed by atoms with Crippen LogP contribution in [0.2, 0.25) is 0 Å². The van der Waals surface area contributed by atoms with Gasteiger partial charge < -0.3 is 14.4 Å². The number of rotatable bonds is 4. The van der Waals surface area contributed by atoms with Crippen molar-refractivity contribution in [3.63, 3.8) is 0 Å². The van der Waals surface area contributed by atoms with Gasteiger partial charge in [-0.25, -0.2) is 0 Å². The molecule has 104 valence electrons. The number of ether oxygens (including phenoxy) is 2. The highest BCUT2D eigenvalue weighted by atomic mass is 16.5. The Morgan fingerprint density at radius 1 is 1.11 bits per heavy atom. The summed E-state index contributed by atoms with van der Waals surface area (Å²) in [6.45, 7) is 3.52. The number of amides is 1. The van der Waals surface area contributed by atoms with E-state index in [1.54, 1.807) is 14.0 Å². The highest BCUT2D eigenvalue weighted by molar-refractivity contribution is 5.81. The third kappa shape index (κ3) is 3.63. The average molecular weight is 263 g/mol. The maximum Gasteiger partial charge on any atom is 0.263 e. The molecule has 0 bridgehead atoms. The van der Waals surface area contributed by atoms with Crippen LogP contribution in [-0.2, 0) is 4.79 Å². The van der Waals surface area contributed by atoms with Crippen molar-refractivity contribution >= 4 is 5.91 Å². The summed E-state index contributed by atoms with van der Waals surface area (Å²) >= 11 is 0. The van der Waals surface area contributed by atoms with Gasteiger partial charge in [-0.1, -0.05) is 0 Å². The van der Waals surface area contributed by atoms with E-state index in [-0.39, 0.29) is 5.91 Å². The van der Waals surface area contributed by atoms with Gasteiger partial charge in [-0.2, -0.15) is 0 Å². The predicted octanol–water partition coefficient (Wildman–Crippen LogP) is 2.48. The van der Waals surface area contributed by atoms with Crippen molar-refractivity contribution in [1.82, 2.24) is 4.90 Å². The lowest BCUT2D eigenvalue weighted by Crippen LogP contribution is -2.43. The molecule has 1 aromatic carbocycles. The second kappa shape index (κ2) is 6.45. The minimum absolute atomic E-state index is 0.0792. The van der Waals surface area contributed by atoms with Crippen LogP contribution < -0.4 is 9.47 Å². The largest absolute Gasteiger partial charge is 0.497 e. The number of carbonyl (C=O) groups excluding carboxylic acids is 1. The van der Waals surface area contributed by atoms with Gasteiger partial charge in [-0.15, -0.1) is 0 Å². The number of likely N-dealkylation sites (tertiary alicyclic amines) is 1. The summed E-state index contributed by atoms with van der Waals surface area (Å²) in [5, 5.41) is 0. The van der Waals surface area contributed by atoms with Crippen LogP contribution in [0.5, 0.6) is 11.5 Å². The molecule has 1 aliphatic rings. The Morgan fingerprint density at radius 3 is 2.26 bits per heavy atom. The predicted molar refractivity (Wildman–Crippen MR) is 73.5 cm³/mol. The summed E-state index contributed by atoms with van der Waals surface area (Å²) in [6, 6.07) is 7.29. The van der Waals surface area contributed by atoms with Gasteiger partial charge in [-0.05, 0) is 50.5 Å². The lowest BCUT2D eigenvalue weighted by atomic mass is 10.1. The maximum atomic E-state index is 12.2. The first-order chi connectivity index (χ1) is 9.20. The summed E-state index contributed by atoms with van der Waals surface area (Å²) in [5.74, 6) is 1.55. The Morgan fingerprint density at radius 2 is 1.68 bits per heavy atom. The smallest absolute Gasteiger partial charge is 0.263 e. The average Bonchev–Trinajstić information content (AvgIpc) is 2.48. The molecule has 1 heterocycles. The fourth-order valence-electron chi connectivity index (χ4n) is 2.28. The van der Waals surface area contributed by atoms with Crippen LogP contribution in [0, 0.1) is 0 Å². The van der Waals surface area contributed by atoms with Crippen LogP contribution in [0.25, 0.3) is 0 Å². The maximum absolute atomic E-state index is 12.2. The number of carbonyl (C=O) groups is 1. The van der Waals surface area contributed by atoms with Gasteiger partial charge in [0.25, 0.3) is 5.91 Å². The van der Waals surface area contributed by atoms with E-state index in [4.69, 9.17) is 9.47 Å². The molecular weight excluding hydrogens is 242 g/mol. The van der Waals surface area contributed by atoms with E-state index in [0.717, 1.165) is 31.7 Å². The Bertz CT molecular complexity index is 410. The summed E-state index contributed by atoms with van der Waals surface area (Å²) in [6.07, 6.45) is 2.98. The molecule has 1 saturated heterocycles. The number of nitrogens with zero attached hydrogens (tertiary/aromatic N) is 1. The Kier molecular flexibility index (Phi) is 4.66. The monoisotopic (exact) mass is 263 g/mol. The molecule has 1 aromatic rings. The van der Waals surface area contributed by atoms with Crippen LogP contribution in [-0.4, -0.2) is 37.1 Å². The first-order valence-electron chi connectivity index (χ1n) is 6.80. The van der Waals surface area contributed by atoms with E-state index in [1.165, 1.54) is 6.42 Å². The van der Waals surface area contributed by atoms with E-state index in [1.807, 2.05) is 29.2 Å². The SMILES string of the molecule is COc1ccc(O[C@@H](C)C(=O)N2CCCCC2)cc1. The van der Waals surface area contributed by atoms with Crippen molar-refractivity contribution in [2.75, 3.05) is 20.2 Å². The van der Waals surface area contributed by atoms with Gasteiger partial charge in [0.05, 0.1) is 7.11 Å². The molecule has 0 N–H and O–H groups in total. The standard InChI is InChI=1S/C15H21NO3/c1-12(15(17)16-10-4-3-5-11-16)19-14-8-6-13(18-2)7-9-14/h6-9,12H,3-5,10-11H2,1-2H3/t12-/m0/s1. The molecule has 1 fully saturated rings. The van der Waals surface area contributed by atoms with E-state index in [9.17, 15) is 4.79 Å². The van der Waals surface area contributed by atoms with Crippen molar-refractivity contribution in [2.24, 2.45) is 0 Å². The van der Waals surface area contributed by atoms with E-state index >= 15 is 0 Å². The van der Waals surface area contributed by atoms with Gasteiger partial charge >= 0.3 is 0 Å². The quantitative estimate of drug-likeness (QED) is 0.837.